The molecule has 9 aromatic rings. The molecule has 3 aromatic heterocycles. The van der Waals surface area contributed by atoms with Crippen molar-refractivity contribution in [2.75, 3.05) is 60.8 Å². The summed E-state index contributed by atoms with van der Waals surface area (Å²) in [4.78, 5) is 129. The number of carboxylic acid groups (broad SMARTS) is 3. The highest BCUT2D eigenvalue weighted by Crippen LogP contribution is 2.25. The first kappa shape index (κ1) is 89.2. The van der Waals surface area contributed by atoms with Gasteiger partial charge >= 0.3 is 41.8 Å². The Kier molecular flexibility index (Phi) is 35.3. The summed E-state index contributed by atoms with van der Waals surface area (Å²) in [6, 6.07) is 34.7. The summed E-state index contributed by atoms with van der Waals surface area (Å²) in [6.45, 7) is 18.0. The standard InChI is InChI=1S/C27H31N5O5.C23H23N5O5.C17H16N4O2.C10H17NO4.CH4.ClH/c1-4-36-25(34)16(3)14-22(26(35)37-5-2)30-24(33)19-11-8-17(9-12-19)6-7-18-10-13-21-20(15-18)23(28)32-27(29)31-21;1-12(21(30)31)10-18(22(32)33)26-20(29)15-7-4-13(5-8-15)2-3-14-6-9-17-16(11-14)19(24)28-23(25)27-17;18-15-13-9-11(5-8-14(13)20-17(19)21-15)2-1-10-3-6-12(7-4-10)16(22)23;1-4-14-9(12)7(3)6-8(11)10(13)15-5-2;;/h8-13,15,22H,3-7,14H2,1-2H3,(H,30,33)(H4,28,29,31,32);4-9,11,18H,1-3,10H2,(H,26,29)(H,30,31)(H,32,33)(H4,24,25,27,28);3-9H,1-2H2,(H,22,23)(H4,18,19,20,21);8H,3-6,11H2,1-2H3;1H4;1H. The number of anilines is 6. The molecule has 19 N–H and O–H groups in total. The van der Waals surface area contributed by atoms with Gasteiger partial charge in [0.15, 0.2) is 0 Å². The molecule has 0 radical (unpaired) electrons. The summed E-state index contributed by atoms with van der Waals surface area (Å²) in [6.07, 6.45) is 4.03. The summed E-state index contributed by atoms with van der Waals surface area (Å²) in [5.41, 5.74) is 49.4. The number of ether oxygens (including phenoxy) is 4. The Labute approximate surface area is 640 Å². The number of aliphatic carboxylic acids is 2. The van der Waals surface area contributed by atoms with Gasteiger partial charge in [0.25, 0.3) is 11.8 Å². The number of amides is 2. The van der Waals surface area contributed by atoms with Gasteiger partial charge in [-0.2, -0.15) is 15.0 Å². The van der Waals surface area contributed by atoms with Gasteiger partial charge in [0.1, 0.15) is 35.6 Å². The molecule has 0 aliphatic heterocycles. The van der Waals surface area contributed by atoms with Crippen molar-refractivity contribution in [3.05, 3.63) is 214 Å². The Morgan fingerprint density at radius 3 is 1.03 bits per heavy atom. The van der Waals surface area contributed by atoms with E-state index in [1.807, 2.05) is 78.9 Å². The first-order chi connectivity index (χ1) is 51.4. The number of benzene rings is 6. The first-order valence-electron chi connectivity index (χ1n) is 33.9. The third-order valence-corrected chi connectivity index (χ3v) is 16.0. The first-order valence-corrected chi connectivity index (χ1v) is 33.9. The number of halogens is 1. The molecule has 3 heterocycles. The summed E-state index contributed by atoms with van der Waals surface area (Å²) >= 11 is 0. The van der Waals surface area contributed by atoms with Gasteiger partial charge in [-0.15, -0.1) is 12.4 Å². The van der Waals surface area contributed by atoms with E-state index in [9.17, 15) is 48.3 Å². The molecule has 0 bridgehead atoms. The zero-order valence-corrected chi connectivity index (χ0v) is 61.3. The van der Waals surface area contributed by atoms with E-state index in [4.69, 9.17) is 64.6 Å². The number of aryl methyl sites for hydroxylation is 6. The maximum atomic E-state index is 12.8. The third-order valence-electron chi connectivity index (χ3n) is 16.0. The number of aromatic carboxylic acids is 1. The Morgan fingerprint density at radius 2 is 0.700 bits per heavy atom. The van der Waals surface area contributed by atoms with Crippen LogP contribution in [0.25, 0.3) is 32.7 Å². The second kappa shape index (κ2) is 43.5. The Hall–Kier alpha value is -13.2. The highest BCUT2D eigenvalue weighted by Gasteiger charge is 2.27. The molecule has 582 valence electrons. The molecule has 32 heteroatoms. The third kappa shape index (κ3) is 27.3. The van der Waals surface area contributed by atoms with E-state index in [2.05, 4.69) is 65.0 Å². The molecule has 3 unspecified atom stereocenters. The van der Waals surface area contributed by atoms with E-state index in [0.717, 1.165) is 80.7 Å². The molecule has 2 amide bonds. The van der Waals surface area contributed by atoms with E-state index in [1.165, 1.54) is 0 Å². The van der Waals surface area contributed by atoms with Gasteiger partial charge in [-0.25, -0.2) is 43.7 Å². The fourth-order valence-corrected chi connectivity index (χ4v) is 10.4. The molecular formula is C78H92ClN15O16. The van der Waals surface area contributed by atoms with Crippen LogP contribution in [0, 0.1) is 0 Å². The number of hydrogen-bond acceptors (Lipinski definition) is 26. The van der Waals surface area contributed by atoms with Crippen LogP contribution in [-0.2, 0) is 86.2 Å². The van der Waals surface area contributed by atoms with Crippen molar-refractivity contribution >= 4 is 134 Å². The van der Waals surface area contributed by atoms with Crippen LogP contribution in [0.15, 0.2) is 164 Å². The summed E-state index contributed by atoms with van der Waals surface area (Å²) in [5.74, 6) is -5.53. The number of hydrogen-bond donors (Lipinski definition) is 12. The second-order valence-corrected chi connectivity index (χ2v) is 24.0. The maximum absolute atomic E-state index is 12.8. The van der Waals surface area contributed by atoms with Crippen LogP contribution in [0.4, 0.5) is 35.3 Å². The SMILES string of the molecule is C.C=C(CC(N)C(=O)OCC)C(=O)OCC.C=C(CC(NC(=O)c1ccc(CCc2ccc3nc(N)nc(N)c3c2)cc1)C(=O)O)C(=O)O.C=C(CC(NC(=O)c1ccc(CCc2ccc3nc(N)nc(N)c3c2)cc1)C(=O)OCC)C(=O)OCC.Cl.Nc1nc(N)c2cc(CCc3ccc(C(=O)O)cc3)ccc2n1. The average Bonchev–Trinajstić information content (AvgIpc) is 0.819. The highest BCUT2D eigenvalue weighted by molar-refractivity contribution is 5.99. The van der Waals surface area contributed by atoms with Crippen molar-refractivity contribution in [2.24, 2.45) is 5.73 Å². The maximum Gasteiger partial charge on any atom is 0.335 e. The topological polar surface area (TPSA) is 535 Å². The minimum Gasteiger partial charge on any atom is -0.480 e. The number of carboxylic acids is 3. The number of esters is 4. The Morgan fingerprint density at radius 1 is 0.400 bits per heavy atom. The molecule has 110 heavy (non-hydrogen) atoms. The fourth-order valence-electron chi connectivity index (χ4n) is 10.4. The number of nitrogen functional groups attached to an aromatic ring is 6. The van der Waals surface area contributed by atoms with Gasteiger partial charge in [-0.05, 0) is 172 Å². The second-order valence-electron chi connectivity index (χ2n) is 24.0. The minimum atomic E-state index is -1.39. The molecule has 0 saturated heterocycles. The predicted molar refractivity (Wildman–Crippen MR) is 421 cm³/mol. The van der Waals surface area contributed by atoms with Gasteiger partial charge in [0, 0.05) is 63.3 Å². The number of nitrogens with two attached hydrogens (primary N) is 7. The lowest BCUT2D eigenvalue weighted by Crippen LogP contribution is -2.42. The molecule has 0 spiro atoms. The highest BCUT2D eigenvalue weighted by atomic mass is 35.5. The smallest absolute Gasteiger partial charge is 0.335 e. The lowest BCUT2D eigenvalue weighted by molar-refractivity contribution is -0.146. The van der Waals surface area contributed by atoms with Crippen LogP contribution in [0.2, 0.25) is 0 Å². The molecule has 6 aromatic carbocycles. The zero-order chi connectivity index (χ0) is 79.3. The van der Waals surface area contributed by atoms with Crippen LogP contribution >= 0.6 is 12.4 Å². The van der Waals surface area contributed by atoms with E-state index >= 15 is 0 Å². The number of nitrogens with one attached hydrogen (secondary N) is 2. The van der Waals surface area contributed by atoms with Crippen molar-refractivity contribution < 1.29 is 77.4 Å². The number of aromatic nitrogens is 6. The van der Waals surface area contributed by atoms with Crippen LogP contribution in [-0.4, -0.2) is 143 Å². The lowest BCUT2D eigenvalue weighted by atomic mass is 10.0. The quantitative estimate of drug-likeness (QED) is 0.0114. The van der Waals surface area contributed by atoms with Crippen LogP contribution in [0.5, 0.6) is 0 Å². The molecule has 0 aliphatic rings. The molecule has 0 aliphatic carbocycles. The zero-order valence-electron chi connectivity index (χ0n) is 60.5. The monoisotopic (exact) mass is 1530 g/mol. The Bertz CT molecular complexity index is 4800. The average molecular weight is 1530 g/mol. The van der Waals surface area contributed by atoms with Crippen molar-refractivity contribution in [1.29, 1.82) is 0 Å². The van der Waals surface area contributed by atoms with Crippen LogP contribution < -0.4 is 50.8 Å². The number of carbonyl (C=O) groups is 9. The van der Waals surface area contributed by atoms with E-state index in [1.54, 1.807) is 76.2 Å². The number of carbonyl (C=O) groups excluding carboxylic acids is 6. The van der Waals surface area contributed by atoms with Crippen LogP contribution in [0.3, 0.4) is 0 Å². The molecule has 3 atom stereocenters. The summed E-state index contributed by atoms with van der Waals surface area (Å²) in [5, 5.41) is 34.3. The van der Waals surface area contributed by atoms with Crippen molar-refractivity contribution in [3.8, 4) is 0 Å². The molecule has 9 rings (SSSR count). The number of nitrogens with zero attached hydrogens (tertiary/aromatic N) is 6. The molecular weight excluding hydrogens is 1440 g/mol. The number of rotatable bonds is 30. The Balaban J connectivity index is 0.000000322. The summed E-state index contributed by atoms with van der Waals surface area (Å²) in [7, 11) is 0. The van der Waals surface area contributed by atoms with E-state index in [-0.39, 0.29) is 99.2 Å². The summed E-state index contributed by atoms with van der Waals surface area (Å²) < 4.78 is 19.3. The van der Waals surface area contributed by atoms with E-state index < -0.39 is 78.1 Å². The number of fused-ring (bicyclic) bond motifs is 3. The lowest BCUT2D eigenvalue weighted by Gasteiger charge is -2.18. The fraction of sp³-hybridized carbons (Fsp3) is 0.269. The van der Waals surface area contributed by atoms with Gasteiger partial charge in [0.05, 0.1) is 48.5 Å². The van der Waals surface area contributed by atoms with Gasteiger partial charge in [-0.3, -0.25) is 14.4 Å². The minimum absolute atomic E-state index is 0. The molecule has 0 fully saturated rings. The van der Waals surface area contributed by atoms with Gasteiger partial charge < -0.3 is 85.0 Å². The predicted octanol–water partition coefficient (Wildman–Crippen LogP) is 8.27. The van der Waals surface area contributed by atoms with E-state index in [0.29, 0.717) is 52.5 Å². The van der Waals surface area contributed by atoms with Gasteiger partial charge in [-0.1, -0.05) is 81.8 Å². The van der Waals surface area contributed by atoms with Crippen molar-refractivity contribution in [2.45, 2.75) is 111 Å². The van der Waals surface area contributed by atoms with Crippen molar-refractivity contribution in [3.63, 3.8) is 0 Å². The normalized spacial score (nSPS) is 11.2. The van der Waals surface area contributed by atoms with Crippen molar-refractivity contribution in [1.82, 2.24) is 40.5 Å². The molecule has 31 nitrogen and oxygen atoms in total. The van der Waals surface area contributed by atoms with Crippen LogP contribution in [0.1, 0.15) is 119 Å². The van der Waals surface area contributed by atoms with Gasteiger partial charge in [0.2, 0.25) is 17.8 Å². The largest absolute Gasteiger partial charge is 0.480 e. The molecule has 0 saturated carbocycles.